The van der Waals surface area contributed by atoms with Crippen molar-refractivity contribution in [1.29, 1.82) is 0 Å². The van der Waals surface area contributed by atoms with Gasteiger partial charge in [0.25, 0.3) is 0 Å². The monoisotopic (exact) mass is 347 g/mol. The molecule has 3 N–H and O–H groups in total. The summed E-state index contributed by atoms with van der Waals surface area (Å²) in [6.45, 7) is 6.58. The number of aliphatic hydroxyl groups is 1. The Labute approximate surface area is 149 Å². The van der Waals surface area contributed by atoms with E-state index in [0.717, 1.165) is 55.4 Å². The Morgan fingerprint density at radius 1 is 1.28 bits per heavy atom. The topological polar surface area (TPSA) is 75.1 Å². The van der Waals surface area contributed by atoms with Crippen LogP contribution in [0.15, 0.2) is 23.2 Å². The fourth-order valence-corrected chi connectivity index (χ4v) is 3.42. The van der Waals surface area contributed by atoms with Gasteiger partial charge in [0.2, 0.25) is 6.79 Å². The summed E-state index contributed by atoms with van der Waals surface area (Å²) in [5.41, 5.74) is 0.984. The molecule has 3 rings (SSSR count). The molecule has 1 aromatic carbocycles. The summed E-state index contributed by atoms with van der Waals surface area (Å²) >= 11 is 0. The van der Waals surface area contributed by atoms with Crippen molar-refractivity contribution >= 4 is 5.96 Å². The summed E-state index contributed by atoms with van der Waals surface area (Å²) in [7, 11) is 0. The van der Waals surface area contributed by atoms with Gasteiger partial charge in [-0.1, -0.05) is 25.8 Å². The highest BCUT2D eigenvalue weighted by Crippen LogP contribution is 2.35. The Kier molecular flexibility index (Phi) is 5.68. The molecule has 138 valence electrons. The second kappa shape index (κ2) is 7.95. The Balaban J connectivity index is 1.61. The molecule has 2 atom stereocenters. The lowest BCUT2D eigenvalue weighted by Crippen LogP contribution is -2.48. The van der Waals surface area contributed by atoms with Crippen LogP contribution < -0.4 is 20.1 Å². The Hall–Kier alpha value is -1.95. The van der Waals surface area contributed by atoms with E-state index in [2.05, 4.69) is 29.5 Å². The quantitative estimate of drug-likeness (QED) is 0.563. The van der Waals surface area contributed by atoms with E-state index in [4.69, 9.17) is 9.47 Å². The number of aliphatic imine (C=N–C) groups is 1. The van der Waals surface area contributed by atoms with Crippen LogP contribution in [-0.4, -0.2) is 37.1 Å². The largest absolute Gasteiger partial charge is 0.454 e. The summed E-state index contributed by atoms with van der Waals surface area (Å²) in [4.78, 5) is 4.67. The molecule has 25 heavy (non-hydrogen) atoms. The van der Waals surface area contributed by atoms with Gasteiger partial charge >= 0.3 is 0 Å². The first-order valence-electron chi connectivity index (χ1n) is 9.19. The van der Waals surface area contributed by atoms with E-state index in [0.29, 0.717) is 6.54 Å². The molecule has 2 aliphatic rings. The van der Waals surface area contributed by atoms with Gasteiger partial charge in [-0.05, 0) is 37.5 Å². The maximum Gasteiger partial charge on any atom is 0.231 e. The maximum atomic E-state index is 10.3. The molecule has 0 bridgehead atoms. The van der Waals surface area contributed by atoms with E-state index < -0.39 is 0 Å². The summed E-state index contributed by atoms with van der Waals surface area (Å²) in [6.07, 6.45) is 3.99. The summed E-state index contributed by atoms with van der Waals surface area (Å²) in [5.74, 6) is 2.35. The van der Waals surface area contributed by atoms with Crippen molar-refractivity contribution in [2.24, 2.45) is 10.4 Å². The SMILES string of the molecule is CCNC(=NCc1ccc2c(c1)OCO2)NCC1(C)CCCCC1O. The third-order valence-electron chi connectivity index (χ3n) is 5.14. The van der Waals surface area contributed by atoms with Crippen LogP contribution in [-0.2, 0) is 6.54 Å². The van der Waals surface area contributed by atoms with E-state index in [-0.39, 0.29) is 18.3 Å². The highest BCUT2D eigenvalue weighted by molar-refractivity contribution is 5.79. The van der Waals surface area contributed by atoms with Gasteiger partial charge in [0.05, 0.1) is 12.6 Å². The van der Waals surface area contributed by atoms with Gasteiger partial charge in [-0.25, -0.2) is 4.99 Å². The molecule has 0 amide bonds. The number of ether oxygens (including phenoxy) is 2. The number of fused-ring (bicyclic) bond motifs is 1. The lowest BCUT2D eigenvalue weighted by molar-refractivity contribution is 0.00397. The average molecular weight is 347 g/mol. The molecule has 1 saturated carbocycles. The van der Waals surface area contributed by atoms with E-state index in [1.54, 1.807) is 0 Å². The van der Waals surface area contributed by atoms with Gasteiger partial charge in [0.1, 0.15) is 0 Å². The predicted octanol–water partition coefficient (Wildman–Crippen LogP) is 2.41. The van der Waals surface area contributed by atoms with Crippen molar-refractivity contribution in [3.63, 3.8) is 0 Å². The second-order valence-electron chi connectivity index (χ2n) is 7.15. The first-order chi connectivity index (χ1) is 12.1. The number of nitrogens with one attached hydrogen (secondary N) is 2. The van der Waals surface area contributed by atoms with Crippen molar-refractivity contribution in [2.45, 2.75) is 52.2 Å². The minimum atomic E-state index is -0.245. The zero-order valence-electron chi connectivity index (χ0n) is 15.2. The van der Waals surface area contributed by atoms with Crippen molar-refractivity contribution < 1.29 is 14.6 Å². The van der Waals surface area contributed by atoms with Gasteiger partial charge in [0, 0.05) is 18.5 Å². The number of hydrogen-bond donors (Lipinski definition) is 3. The number of rotatable bonds is 5. The molecular weight excluding hydrogens is 318 g/mol. The highest BCUT2D eigenvalue weighted by Gasteiger charge is 2.35. The minimum Gasteiger partial charge on any atom is -0.454 e. The molecule has 0 aromatic heterocycles. The third kappa shape index (κ3) is 4.37. The highest BCUT2D eigenvalue weighted by atomic mass is 16.7. The van der Waals surface area contributed by atoms with Crippen LogP contribution in [0, 0.1) is 5.41 Å². The standard InChI is InChI=1S/C19H29N3O3/c1-3-20-18(22-12-19(2)9-5-4-6-17(19)23)21-11-14-7-8-15-16(10-14)25-13-24-15/h7-8,10,17,23H,3-6,9,11-13H2,1-2H3,(H2,20,21,22). The number of benzene rings is 1. The molecule has 0 saturated heterocycles. The molecule has 0 spiro atoms. The fraction of sp³-hybridized carbons (Fsp3) is 0.632. The fourth-order valence-electron chi connectivity index (χ4n) is 3.42. The van der Waals surface area contributed by atoms with Crippen LogP contribution in [0.25, 0.3) is 0 Å². The number of guanidine groups is 1. The Morgan fingerprint density at radius 3 is 2.92 bits per heavy atom. The number of hydrogen-bond acceptors (Lipinski definition) is 4. The summed E-state index contributed by atoms with van der Waals surface area (Å²) in [5, 5.41) is 17.0. The summed E-state index contributed by atoms with van der Waals surface area (Å²) in [6, 6.07) is 5.90. The van der Waals surface area contributed by atoms with Gasteiger partial charge < -0.3 is 25.2 Å². The molecule has 1 aliphatic carbocycles. The average Bonchev–Trinajstić information content (AvgIpc) is 3.08. The number of aliphatic hydroxyl groups excluding tert-OH is 1. The predicted molar refractivity (Wildman–Crippen MR) is 98.0 cm³/mol. The van der Waals surface area contributed by atoms with E-state index >= 15 is 0 Å². The molecule has 6 heteroatoms. The first kappa shape index (κ1) is 17.9. The van der Waals surface area contributed by atoms with Crippen LogP contribution in [0.2, 0.25) is 0 Å². The third-order valence-corrected chi connectivity index (χ3v) is 5.14. The van der Waals surface area contributed by atoms with Crippen molar-refractivity contribution in [3.05, 3.63) is 23.8 Å². The molecule has 1 aliphatic heterocycles. The Bertz CT molecular complexity index is 620. The first-order valence-corrected chi connectivity index (χ1v) is 9.19. The van der Waals surface area contributed by atoms with E-state index in [9.17, 15) is 5.11 Å². The summed E-state index contributed by atoms with van der Waals surface area (Å²) < 4.78 is 10.8. The van der Waals surface area contributed by atoms with Gasteiger partial charge in [-0.15, -0.1) is 0 Å². The van der Waals surface area contributed by atoms with Crippen LogP contribution >= 0.6 is 0 Å². The Morgan fingerprint density at radius 2 is 2.12 bits per heavy atom. The van der Waals surface area contributed by atoms with Crippen LogP contribution in [0.5, 0.6) is 11.5 Å². The van der Waals surface area contributed by atoms with E-state index in [1.165, 1.54) is 6.42 Å². The van der Waals surface area contributed by atoms with Crippen molar-refractivity contribution in [3.8, 4) is 11.5 Å². The minimum absolute atomic E-state index is 0.0901. The lowest BCUT2D eigenvalue weighted by atomic mass is 9.73. The molecule has 1 heterocycles. The van der Waals surface area contributed by atoms with Crippen molar-refractivity contribution in [1.82, 2.24) is 10.6 Å². The lowest BCUT2D eigenvalue weighted by Gasteiger charge is -2.38. The maximum absolute atomic E-state index is 10.3. The smallest absolute Gasteiger partial charge is 0.231 e. The molecule has 6 nitrogen and oxygen atoms in total. The second-order valence-corrected chi connectivity index (χ2v) is 7.15. The van der Waals surface area contributed by atoms with Gasteiger partial charge in [-0.3, -0.25) is 0 Å². The van der Waals surface area contributed by atoms with Crippen LogP contribution in [0.1, 0.15) is 45.1 Å². The number of nitrogens with zero attached hydrogens (tertiary/aromatic N) is 1. The molecule has 0 radical (unpaired) electrons. The van der Waals surface area contributed by atoms with Crippen molar-refractivity contribution in [2.75, 3.05) is 19.9 Å². The molecular formula is C19H29N3O3. The molecule has 1 aromatic rings. The van der Waals surface area contributed by atoms with Crippen LogP contribution in [0.3, 0.4) is 0 Å². The van der Waals surface area contributed by atoms with E-state index in [1.807, 2.05) is 18.2 Å². The van der Waals surface area contributed by atoms with Crippen LogP contribution in [0.4, 0.5) is 0 Å². The zero-order valence-corrected chi connectivity index (χ0v) is 15.2. The molecule has 2 unspecified atom stereocenters. The van der Waals surface area contributed by atoms with Gasteiger partial charge in [0.15, 0.2) is 17.5 Å². The normalized spacial score (nSPS) is 25.7. The van der Waals surface area contributed by atoms with Gasteiger partial charge in [-0.2, -0.15) is 0 Å². The molecule has 1 fully saturated rings. The zero-order chi connectivity index (χ0) is 17.7.